The van der Waals surface area contributed by atoms with Gasteiger partial charge in [0.1, 0.15) is 0 Å². The molecule has 1 fully saturated rings. The van der Waals surface area contributed by atoms with Gasteiger partial charge in [0, 0.05) is 42.9 Å². The van der Waals surface area contributed by atoms with Crippen molar-refractivity contribution in [2.75, 3.05) is 37.2 Å². The summed E-state index contributed by atoms with van der Waals surface area (Å²) < 4.78 is 0. The Morgan fingerprint density at radius 2 is 2.35 bits per heavy atom. The molecule has 1 aliphatic rings. The Kier molecular flexibility index (Phi) is 4.75. The molecular weight excluding hydrogens is 228 g/mol. The van der Waals surface area contributed by atoms with Crippen LogP contribution in [0.3, 0.4) is 0 Å². The van der Waals surface area contributed by atoms with Gasteiger partial charge in [-0.1, -0.05) is 19.1 Å². The Balaban J connectivity index is 1.72. The fraction of sp³-hybridized carbons (Fsp3) is 0.571. The minimum Gasteiger partial charge on any atom is -0.384 e. The van der Waals surface area contributed by atoms with Crippen molar-refractivity contribution in [3.05, 3.63) is 29.8 Å². The largest absolute Gasteiger partial charge is 0.384 e. The molecule has 1 saturated heterocycles. The molecule has 1 aromatic rings. The summed E-state index contributed by atoms with van der Waals surface area (Å²) in [6.45, 7) is 9.13. The quantitative estimate of drug-likeness (QED) is 0.884. The van der Waals surface area contributed by atoms with E-state index in [4.69, 9.17) is 0 Å². The number of benzene rings is 1. The molecule has 2 rings (SSSR count). The van der Waals surface area contributed by atoms with Gasteiger partial charge in [-0.2, -0.15) is 11.8 Å². The average Bonchev–Trinajstić information content (AvgIpc) is 2.29. The number of rotatable bonds is 4. The normalized spacial score (nSPS) is 21.4. The predicted molar refractivity (Wildman–Crippen MR) is 78.0 cm³/mol. The predicted octanol–water partition coefficient (Wildman–Crippen LogP) is 2.84. The lowest BCUT2D eigenvalue weighted by Crippen LogP contribution is -2.39. The van der Waals surface area contributed by atoms with Gasteiger partial charge in [-0.15, -0.1) is 0 Å². The summed E-state index contributed by atoms with van der Waals surface area (Å²) in [5.41, 5.74) is 2.56. The highest BCUT2D eigenvalue weighted by Gasteiger charge is 2.15. The maximum absolute atomic E-state index is 3.50. The van der Waals surface area contributed by atoms with Gasteiger partial charge in [-0.05, 0) is 24.6 Å². The van der Waals surface area contributed by atoms with Crippen LogP contribution < -0.4 is 5.32 Å². The number of anilines is 1. The second kappa shape index (κ2) is 6.31. The second-order valence-corrected chi connectivity index (χ2v) is 6.32. The third-order valence-electron chi connectivity index (χ3n) is 3.10. The average molecular weight is 250 g/mol. The third-order valence-corrected chi connectivity index (χ3v) is 4.24. The molecule has 3 heteroatoms. The zero-order chi connectivity index (χ0) is 12.1. The molecule has 1 N–H and O–H groups in total. The van der Waals surface area contributed by atoms with E-state index < -0.39 is 0 Å². The first-order valence-electron chi connectivity index (χ1n) is 6.38. The molecule has 1 atom stereocenters. The summed E-state index contributed by atoms with van der Waals surface area (Å²) in [7, 11) is 0. The second-order valence-electron chi connectivity index (χ2n) is 4.78. The van der Waals surface area contributed by atoms with E-state index in [-0.39, 0.29) is 0 Å². The molecule has 0 bridgehead atoms. The van der Waals surface area contributed by atoms with E-state index in [1.165, 1.54) is 30.1 Å². The van der Waals surface area contributed by atoms with Crippen LogP contribution in [0.15, 0.2) is 24.3 Å². The molecule has 1 heterocycles. The molecule has 17 heavy (non-hydrogen) atoms. The van der Waals surface area contributed by atoms with Gasteiger partial charge in [-0.25, -0.2) is 0 Å². The summed E-state index contributed by atoms with van der Waals surface area (Å²) in [6.07, 6.45) is 0. The van der Waals surface area contributed by atoms with Crippen LogP contribution in [-0.2, 0) is 0 Å². The van der Waals surface area contributed by atoms with Crippen LogP contribution in [0.1, 0.15) is 12.5 Å². The van der Waals surface area contributed by atoms with Crippen LogP contribution in [0.25, 0.3) is 0 Å². The minimum absolute atomic E-state index is 0.794. The van der Waals surface area contributed by atoms with E-state index in [1.807, 2.05) is 0 Å². The summed E-state index contributed by atoms with van der Waals surface area (Å²) in [6, 6.07) is 8.59. The van der Waals surface area contributed by atoms with Crippen molar-refractivity contribution in [1.82, 2.24) is 4.90 Å². The highest BCUT2D eigenvalue weighted by atomic mass is 32.2. The van der Waals surface area contributed by atoms with E-state index in [9.17, 15) is 0 Å². The molecule has 1 unspecified atom stereocenters. The highest BCUT2D eigenvalue weighted by Crippen LogP contribution is 2.17. The SMILES string of the molecule is Cc1cccc(NCCN2CCSC(C)C2)c1. The molecule has 0 aliphatic carbocycles. The van der Waals surface area contributed by atoms with Gasteiger partial charge in [0.05, 0.1) is 0 Å². The highest BCUT2D eigenvalue weighted by molar-refractivity contribution is 7.99. The van der Waals surface area contributed by atoms with Crippen LogP contribution in [-0.4, -0.2) is 42.1 Å². The van der Waals surface area contributed by atoms with Crippen LogP contribution in [0, 0.1) is 6.92 Å². The van der Waals surface area contributed by atoms with Gasteiger partial charge in [-0.3, -0.25) is 4.90 Å². The first-order chi connectivity index (χ1) is 8.24. The van der Waals surface area contributed by atoms with Crippen LogP contribution in [0.4, 0.5) is 5.69 Å². The zero-order valence-corrected chi connectivity index (χ0v) is 11.6. The number of hydrogen-bond acceptors (Lipinski definition) is 3. The Morgan fingerprint density at radius 3 is 3.12 bits per heavy atom. The fourth-order valence-corrected chi connectivity index (χ4v) is 3.29. The molecule has 0 radical (unpaired) electrons. The van der Waals surface area contributed by atoms with Crippen LogP contribution in [0.5, 0.6) is 0 Å². The standard InChI is InChI=1S/C14H22N2S/c1-12-4-3-5-14(10-12)15-6-7-16-8-9-17-13(2)11-16/h3-5,10,13,15H,6-9,11H2,1-2H3. The summed E-state index contributed by atoms with van der Waals surface area (Å²) >= 11 is 2.09. The Morgan fingerprint density at radius 1 is 1.47 bits per heavy atom. The number of nitrogens with one attached hydrogen (secondary N) is 1. The van der Waals surface area contributed by atoms with Gasteiger partial charge in [0.25, 0.3) is 0 Å². The van der Waals surface area contributed by atoms with Crippen LogP contribution >= 0.6 is 11.8 Å². The topological polar surface area (TPSA) is 15.3 Å². The lowest BCUT2D eigenvalue weighted by Gasteiger charge is -2.30. The van der Waals surface area contributed by atoms with Crippen molar-refractivity contribution in [3.8, 4) is 0 Å². The van der Waals surface area contributed by atoms with Crippen molar-refractivity contribution in [3.63, 3.8) is 0 Å². The van der Waals surface area contributed by atoms with Crippen molar-refractivity contribution in [2.45, 2.75) is 19.1 Å². The fourth-order valence-electron chi connectivity index (χ4n) is 2.21. The molecule has 2 nitrogen and oxygen atoms in total. The third kappa shape index (κ3) is 4.25. The monoisotopic (exact) mass is 250 g/mol. The molecule has 0 amide bonds. The van der Waals surface area contributed by atoms with E-state index in [1.54, 1.807) is 0 Å². The minimum atomic E-state index is 0.794. The molecular formula is C14H22N2S. The van der Waals surface area contributed by atoms with E-state index >= 15 is 0 Å². The molecule has 1 aliphatic heterocycles. The van der Waals surface area contributed by atoms with Crippen molar-refractivity contribution < 1.29 is 0 Å². The lowest BCUT2D eigenvalue weighted by molar-refractivity contribution is 0.297. The van der Waals surface area contributed by atoms with Gasteiger partial charge >= 0.3 is 0 Å². The zero-order valence-electron chi connectivity index (χ0n) is 10.8. The summed E-state index contributed by atoms with van der Waals surface area (Å²) in [4.78, 5) is 2.56. The van der Waals surface area contributed by atoms with Crippen LogP contribution in [0.2, 0.25) is 0 Å². The summed E-state index contributed by atoms with van der Waals surface area (Å²) in [5.74, 6) is 1.28. The van der Waals surface area contributed by atoms with E-state index in [0.29, 0.717) is 0 Å². The maximum Gasteiger partial charge on any atom is 0.0343 e. The molecule has 94 valence electrons. The first-order valence-corrected chi connectivity index (χ1v) is 7.43. The smallest absolute Gasteiger partial charge is 0.0343 e. The van der Waals surface area contributed by atoms with Gasteiger partial charge in [0.2, 0.25) is 0 Å². The lowest BCUT2D eigenvalue weighted by atomic mass is 10.2. The molecule has 0 saturated carbocycles. The number of hydrogen-bond donors (Lipinski definition) is 1. The maximum atomic E-state index is 3.50. The summed E-state index contributed by atoms with van der Waals surface area (Å²) in [5, 5.41) is 4.29. The first kappa shape index (κ1) is 12.8. The molecule has 1 aromatic carbocycles. The Labute approximate surface area is 109 Å². The number of nitrogens with zero attached hydrogens (tertiary/aromatic N) is 1. The number of thioether (sulfide) groups is 1. The van der Waals surface area contributed by atoms with Gasteiger partial charge in [0.15, 0.2) is 0 Å². The van der Waals surface area contributed by atoms with Crippen molar-refractivity contribution in [2.24, 2.45) is 0 Å². The number of aryl methyl sites for hydroxylation is 1. The molecule has 0 spiro atoms. The Bertz CT molecular complexity index is 354. The Hall–Kier alpha value is -0.670. The van der Waals surface area contributed by atoms with E-state index in [0.717, 1.165) is 18.3 Å². The van der Waals surface area contributed by atoms with Crippen molar-refractivity contribution >= 4 is 17.4 Å². The van der Waals surface area contributed by atoms with Gasteiger partial charge < -0.3 is 5.32 Å². The van der Waals surface area contributed by atoms with Crippen molar-refractivity contribution in [1.29, 1.82) is 0 Å². The molecule has 0 aromatic heterocycles. The van der Waals surface area contributed by atoms with E-state index in [2.05, 4.69) is 60.1 Å².